The van der Waals surface area contributed by atoms with Crippen molar-refractivity contribution in [1.29, 1.82) is 0 Å². The molecule has 1 amide bonds. The van der Waals surface area contributed by atoms with E-state index in [-0.39, 0.29) is 24.5 Å². The van der Waals surface area contributed by atoms with Gasteiger partial charge in [0, 0.05) is 17.1 Å². The van der Waals surface area contributed by atoms with E-state index in [1.54, 1.807) is 6.07 Å². The minimum absolute atomic E-state index is 0.0430. The Balaban J connectivity index is 1.80. The van der Waals surface area contributed by atoms with Crippen LogP contribution in [0.1, 0.15) is 25.3 Å². The van der Waals surface area contributed by atoms with Crippen LogP contribution >= 0.6 is 11.6 Å². The predicted molar refractivity (Wildman–Crippen MR) is 110 cm³/mol. The Labute approximate surface area is 180 Å². The average Bonchev–Trinajstić information content (AvgIpc) is 2.72. The maximum Gasteiger partial charge on any atom is 0.264 e. The molecule has 30 heavy (non-hydrogen) atoms. The van der Waals surface area contributed by atoms with Crippen LogP contribution in [0.25, 0.3) is 0 Å². The molecule has 162 valence electrons. The molecule has 0 aromatic heterocycles. The highest BCUT2D eigenvalue weighted by Gasteiger charge is 2.49. The lowest BCUT2D eigenvalue weighted by atomic mass is 9.87. The molecule has 2 aromatic rings. The Hall–Kier alpha value is -2.17. The summed E-state index contributed by atoms with van der Waals surface area (Å²) in [4.78, 5) is 12.1. The highest BCUT2D eigenvalue weighted by atomic mass is 35.5. The molecule has 1 aliphatic heterocycles. The van der Waals surface area contributed by atoms with Gasteiger partial charge in [-0.2, -0.15) is 4.31 Å². The van der Waals surface area contributed by atoms with Gasteiger partial charge in [0.1, 0.15) is 18.4 Å². The molecule has 0 bridgehead atoms. The summed E-state index contributed by atoms with van der Waals surface area (Å²) in [6.07, 6.45) is 0.604. The van der Waals surface area contributed by atoms with Crippen LogP contribution in [0, 0.1) is 0 Å². The minimum atomic E-state index is -4.10. The fourth-order valence-corrected chi connectivity index (χ4v) is 5.43. The third-order valence-electron chi connectivity index (χ3n) is 5.08. The number of hydrogen-bond donors (Lipinski definition) is 3. The Morgan fingerprint density at radius 1 is 1.27 bits per heavy atom. The van der Waals surface area contributed by atoms with E-state index in [4.69, 9.17) is 21.5 Å². The highest BCUT2D eigenvalue weighted by molar-refractivity contribution is 7.89. The molecule has 0 radical (unpaired) electrons. The summed E-state index contributed by atoms with van der Waals surface area (Å²) in [6.45, 7) is 1.64. The lowest BCUT2D eigenvalue weighted by molar-refractivity contribution is -0.144. The fraction of sp³-hybridized carbons (Fsp3) is 0.350. The van der Waals surface area contributed by atoms with Gasteiger partial charge in [-0.25, -0.2) is 13.9 Å². The molecule has 2 aromatic carbocycles. The summed E-state index contributed by atoms with van der Waals surface area (Å²) in [5.41, 5.74) is 0.635. The zero-order valence-corrected chi connectivity index (χ0v) is 17.9. The number of benzene rings is 2. The number of sulfonamides is 1. The Morgan fingerprint density at radius 3 is 2.57 bits per heavy atom. The van der Waals surface area contributed by atoms with Crippen LogP contribution in [0.2, 0.25) is 5.02 Å². The molecule has 2 atom stereocenters. The monoisotopic (exact) mass is 454 g/mol. The molecule has 1 aliphatic rings. The summed E-state index contributed by atoms with van der Waals surface area (Å²) in [5, 5.41) is 20.1. The first-order chi connectivity index (χ1) is 14.2. The molecular weight excluding hydrogens is 432 g/mol. The van der Waals surface area contributed by atoms with Crippen LogP contribution in [-0.2, 0) is 21.4 Å². The van der Waals surface area contributed by atoms with Crippen molar-refractivity contribution in [2.45, 2.75) is 42.9 Å². The number of carbonyl (C=O) groups is 1. The van der Waals surface area contributed by atoms with Gasteiger partial charge in [0.05, 0.1) is 10.5 Å². The van der Waals surface area contributed by atoms with Crippen molar-refractivity contribution in [1.82, 2.24) is 9.79 Å². The normalized spacial score (nSPS) is 22.5. The van der Waals surface area contributed by atoms with Gasteiger partial charge < -0.3 is 9.84 Å². The molecule has 3 N–H and O–H groups in total. The number of nitrogens with zero attached hydrogens (tertiary/aromatic N) is 1. The number of rotatable bonds is 6. The summed E-state index contributed by atoms with van der Waals surface area (Å²) in [7, 11) is -4.10. The van der Waals surface area contributed by atoms with E-state index in [1.165, 1.54) is 36.7 Å². The van der Waals surface area contributed by atoms with Crippen LogP contribution in [0.4, 0.5) is 0 Å². The van der Waals surface area contributed by atoms with E-state index in [0.29, 0.717) is 17.2 Å². The molecule has 1 saturated heterocycles. The standard InChI is InChI=1S/C20H23ClN2O6S/c1-20(25)11-4-12-23(18(20)19(24)22-26)30(27,28)16-9-7-15(8-10-16)29-13-14-5-2-3-6-17(14)21/h2-3,5-10,18,25-26H,4,11-13H2,1H3,(H,22,24). The summed E-state index contributed by atoms with van der Waals surface area (Å²) >= 11 is 6.10. The number of ether oxygens (including phenoxy) is 1. The molecule has 1 fully saturated rings. The molecule has 0 aliphatic carbocycles. The van der Waals surface area contributed by atoms with Gasteiger partial charge in [-0.15, -0.1) is 0 Å². The van der Waals surface area contributed by atoms with Crippen molar-refractivity contribution in [2.75, 3.05) is 6.54 Å². The van der Waals surface area contributed by atoms with Gasteiger partial charge in [-0.05, 0) is 50.1 Å². The SMILES string of the molecule is CC1(O)CCCN(S(=O)(=O)c2ccc(OCc3ccccc3Cl)cc2)C1C(=O)NO. The first-order valence-corrected chi connectivity index (χ1v) is 11.1. The zero-order valence-electron chi connectivity index (χ0n) is 16.3. The minimum Gasteiger partial charge on any atom is -0.489 e. The smallest absolute Gasteiger partial charge is 0.264 e. The van der Waals surface area contributed by atoms with Gasteiger partial charge in [-0.1, -0.05) is 29.8 Å². The predicted octanol–water partition coefficient (Wildman–Crippen LogP) is 2.33. The van der Waals surface area contributed by atoms with Crippen LogP contribution in [-0.4, -0.2) is 47.1 Å². The third kappa shape index (κ3) is 4.60. The molecule has 0 saturated carbocycles. The van der Waals surface area contributed by atoms with Crippen LogP contribution in [0.15, 0.2) is 53.4 Å². The summed E-state index contributed by atoms with van der Waals surface area (Å²) in [6, 6.07) is 11.5. The first-order valence-electron chi connectivity index (χ1n) is 9.31. The van der Waals surface area contributed by atoms with Crippen LogP contribution in [0.5, 0.6) is 5.75 Å². The number of nitrogens with one attached hydrogen (secondary N) is 1. The van der Waals surface area contributed by atoms with E-state index in [0.717, 1.165) is 9.87 Å². The lowest BCUT2D eigenvalue weighted by Gasteiger charge is -2.42. The number of hydroxylamine groups is 1. The van der Waals surface area contributed by atoms with Crippen LogP contribution < -0.4 is 10.2 Å². The summed E-state index contributed by atoms with van der Waals surface area (Å²) in [5.74, 6) is -0.535. The largest absolute Gasteiger partial charge is 0.489 e. The fourth-order valence-electron chi connectivity index (χ4n) is 3.52. The first kappa shape index (κ1) is 22.5. The Kier molecular flexibility index (Phi) is 6.68. The van der Waals surface area contributed by atoms with Gasteiger partial charge in [0.15, 0.2) is 0 Å². The van der Waals surface area contributed by atoms with E-state index in [1.807, 2.05) is 18.2 Å². The lowest BCUT2D eigenvalue weighted by Crippen LogP contribution is -2.62. The van der Waals surface area contributed by atoms with Crippen molar-refractivity contribution in [2.24, 2.45) is 0 Å². The number of amides is 1. The molecule has 1 heterocycles. The van der Waals surface area contributed by atoms with Gasteiger partial charge in [0.25, 0.3) is 5.91 Å². The number of halogens is 1. The number of carbonyl (C=O) groups excluding carboxylic acids is 1. The zero-order chi connectivity index (χ0) is 21.9. The van der Waals surface area contributed by atoms with Crippen molar-refractivity contribution < 1.29 is 28.3 Å². The van der Waals surface area contributed by atoms with E-state index >= 15 is 0 Å². The second kappa shape index (κ2) is 8.91. The van der Waals surface area contributed by atoms with Crippen molar-refractivity contribution >= 4 is 27.5 Å². The number of hydrogen-bond acceptors (Lipinski definition) is 6. The Bertz CT molecular complexity index is 1010. The van der Waals surface area contributed by atoms with Crippen molar-refractivity contribution in [3.8, 4) is 5.75 Å². The average molecular weight is 455 g/mol. The maximum absolute atomic E-state index is 13.1. The molecule has 3 rings (SSSR count). The summed E-state index contributed by atoms with van der Waals surface area (Å²) < 4.78 is 32.9. The highest BCUT2D eigenvalue weighted by Crippen LogP contribution is 2.32. The number of aliphatic hydroxyl groups is 1. The quantitative estimate of drug-likeness (QED) is 0.455. The van der Waals surface area contributed by atoms with Crippen molar-refractivity contribution in [3.63, 3.8) is 0 Å². The van der Waals surface area contributed by atoms with Crippen LogP contribution in [0.3, 0.4) is 0 Å². The molecule has 8 nitrogen and oxygen atoms in total. The second-order valence-electron chi connectivity index (χ2n) is 7.31. The molecule has 10 heteroatoms. The maximum atomic E-state index is 13.1. The topological polar surface area (TPSA) is 116 Å². The van der Waals surface area contributed by atoms with Gasteiger partial charge >= 0.3 is 0 Å². The van der Waals surface area contributed by atoms with E-state index in [9.17, 15) is 18.3 Å². The Morgan fingerprint density at radius 2 is 1.93 bits per heavy atom. The third-order valence-corrected chi connectivity index (χ3v) is 7.33. The van der Waals surface area contributed by atoms with E-state index < -0.39 is 27.6 Å². The molecular formula is C20H23ClN2O6S. The molecule has 2 unspecified atom stereocenters. The van der Waals surface area contributed by atoms with Gasteiger partial charge in [0.2, 0.25) is 10.0 Å². The number of piperidine rings is 1. The van der Waals surface area contributed by atoms with E-state index in [2.05, 4.69) is 0 Å². The second-order valence-corrected chi connectivity index (χ2v) is 9.60. The molecule has 0 spiro atoms. The van der Waals surface area contributed by atoms with Crippen molar-refractivity contribution in [3.05, 3.63) is 59.1 Å². The van der Waals surface area contributed by atoms with Gasteiger partial charge in [-0.3, -0.25) is 10.0 Å².